The molecule has 0 aliphatic rings. The molecule has 2 aromatic rings. The molecule has 0 fully saturated rings. The van der Waals surface area contributed by atoms with E-state index in [0.717, 1.165) is 18.5 Å². The number of aromatic nitrogens is 2. The number of hydrogen-bond donors (Lipinski definition) is 2. The third-order valence-corrected chi connectivity index (χ3v) is 2.85. The van der Waals surface area contributed by atoms with Crippen LogP contribution in [0.3, 0.4) is 0 Å². The third kappa shape index (κ3) is 4.98. The average molecular weight is 341 g/mol. The fraction of sp³-hybridized carbons (Fsp3) is 0.214. The predicted molar refractivity (Wildman–Crippen MR) is 75.3 cm³/mol. The Balaban J connectivity index is 1.91. The fourth-order valence-electron chi connectivity index (χ4n) is 1.83. The lowest BCUT2D eigenvalue weighted by Crippen LogP contribution is -2.28. The van der Waals surface area contributed by atoms with Gasteiger partial charge in [0.15, 0.2) is 0 Å². The molecule has 6 nitrogen and oxygen atoms in total. The number of carbonyl (C=O) groups excluding carboxylic acids is 1. The summed E-state index contributed by atoms with van der Waals surface area (Å²) in [5, 5.41) is 16.8. The highest BCUT2D eigenvalue weighted by Gasteiger charge is 2.28. The van der Waals surface area contributed by atoms with E-state index in [-0.39, 0.29) is 23.4 Å². The number of halogens is 4. The zero-order valence-electron chi connectivity index (χ0n) is 12.1. The molecule has 0 spiro atoms. The first kappa shape index (κ1) is 17.3. The lowest BCUT2D eigenvalue weighted by atomic mass is 10.1. The first-order chi connectivity index (χ1) is 11.3. The molecule has 0 aliphatic carbocycles. The van der Waals surface area contributed by atoms with Gasteiger partial charge >= 0.3 is 12.2 Å². The van der Waals surface area contributed by atoms with E-state index in [9.17, 15) is 22.4 Å². The highest BCUT2D eigenvalue weighted by Crippen LogP contribution is 2.18. The SMILES string of the molecule is N#Cc1ccc(F)c(CNC(=O)Nc2cnn(CC(F)(F)F)c2)c1. The largest absolute Gasteiger partial charge is 0.408 e. The fourth-order valence-corrected chi connectivity index (χ4v) is 1.83. The number of amides is 2. The van der Waals surface area contributed by atoms with Crippen LogP contribution in [0.25, 0.3) is 0 Å². The van der Waals surface area contributed by atoms with Crippen molar-refractivity contribution >= 4 is 11.7 Å². The molecule has 126 valence electrons. The lowest BCUT2D eigenvalue weighted by molar-refractivity contribution is -0.142. The zero-order chi connectivity index (χ0) is 17.7. The Bertz CT molecular complexity index is 778. The van der Waals surface area contributed by atoms with Crippen LogP contribution in [0.1, 0.15) is 11.1 Å². The van der Waals surface area contributed by atoms with Crippen LogP contribution in [0.15, 0.2) is 30.6 Å². The normalized spacial score (nSPS) is 11.0. The van der Waals surface area contributed by atoms with Crippen LogP contribution in [0, 0.1) is 17.1 Å². The minimum Gasteiger partial charge on any atom is -0.334 e. The second-order valence-corrected chi connectivity index (χ2v) is 4.77. The van der Waals surface area contributed by atoms with Crippen LogP contribution in [0.4, 0.5) is 28.0 Å². The minimum absolute atomic E-state index is 0.0583. The van der Waals surface area contributed by atoms with Crippen molar-refractivity contribution < 1.29 is 22.4 Å². The molecule has 1 heterocycles. The molecule has 0 saturated carbocycles. The monoisotopic (exact) mass is 341 g/mol. The van der Waals surface area contributed by atoms with E-state index in [2.05, 4.69) is 15.7 Å². The number of carbonyl (C=O) groups is 1. The highest BCUT2D eigenvalue weighted by atomic mass is 19.4. The number of rotatable bonds is 4. The summed E-state index contributed by atoms with van der Waals surface area (Å²) in [6, 6.07) is 4.79. The summed E-state index contributed by atoms with van der Waals surface area (Å²) in [7, 11) is 0. The van der Waals surface area contributed by atoms with Crippen molar-refractivity contribution in [1.29, 1.82) is 5.26 Å². The molecule has 0 aliphatic heterocycles. The Morgan fingerprint density at radius 2 is 2.12 bits per heavy atom. The van der Waals surface area contributed by atoms with Crippen LogP contribution in [-0.4, -0.2) is 22.0 Å². The van der Waals surface area contributed by atoms with Gasteiger partial charge in [0, 0.05) is 18.3 Å². The molecule has 2 rings (SSSR count). The molecular formula is C14H11F4N5O. The first-order valence-corrected chi connectivity index (χ1v) is 6.59. The molecular weight excluding hydrogens is 330 g/mol. The van der Waals surface area contributed by atoms with Crippen molar-refractivity contribution in [2.75, 3.05) is 5.32 Å². The summed E-state index contributed by atoms with van der Waals surface area (Å²) in [6.45, 7) is -1.47. The van der Waals surface area contributed by atoms with Crippen molar-refractivity contribution in [3.05, 3.63) is 47.5 Å². The molecule has 0 atom stereocenters. The molecule has 10 heteroatoms. The van der Waals surface area contributed by atoms with Gasteiger partial charge in [-0.2, -0.15) is 23.5 Å². The Morgan fingerprint density at radius 3 is 2.79 bits per heavy atom. The lowest BCUT2D eigenvalue weighted by Gasteiger charge is -2.07. The number of nitriles is 1. The summed E-state index contributed by atoms with van der Waals surface area (Å²) in [6.07, 6.45) is -2.35. The Morgan fingerprint density at radius 1 is 1.38 bits per heavy atom. The number of hydrogen-bond acceptors (Lipinski definition) is 3. The number of alkyl halides is 3. The van der Waals surface area contributed by atoms with E-state index in [1.807, 2.05) is 6.07 Å². The predicted octanol–water partition coefficient (Wildman–Crippen LogP) is 2.78. The van der Waals surface area contributed by atoms with Gasteiger partial charge in [0.2, 0.25) is 0 Å². The van der Waals surface area contributed by atoms with Gasteiger partial charge in [-0.15, -0.1) is 0 Å². The smallest absolute Gasteiger partial charge is 0.334 e. The molecule has 0 unspecified atom stereocenters. The van der Waals surface area contributed by atoms with E-state index < -0.39 is 24.6 Å². The first-order valence-electron chi connectivity index (χ1n) is 6.59. The van der Waals surface area contributed by atoms with E-state index in [1.165, 1.54) is 12.1 Å². The highest BCUT2D eigenvalue weighted by molar-refractivity contribution is 5.88. The maximum absolute atomic E-state index is 13.5. The summed E-state index contributed by atoms with van der Waals surface area (Å²) in [5.74, 6) is -0.590. The number of anilines is 1. The van der Waals surface area contributed by atoms with Gasteiger partial charge in [0.1, 0.15) is 12.4 Å². The van der Waals surface area contributed by atoms with Crippen LogP contribution in [0.5, 0.6) is 0 Å². The van der Waals surface area contributed by atoms with Crippen molar-refractivity contribution in [2.24, 2.45) is 0 Å². The summed E-state index contributed by atoms with van der Waals surface area (Å²) in [5.41, 5.74) is 0.405. The van der Waals surface area contributed by atoms with Gasteiger partial charge in [0.25, 0.3) is 0 Å². The summed E-state index contributed by atoms with van der Waals surface area (Å²) in [4.78, 5) is 11.7. The zero-order valence-corrected chi connectivity index (χ0v) is 12.1. The molecule has 0 radical (unpaired) electrons. The molecule has 1 aromatic carbocycles. The van der Waals surface area contributed by atoms with Gasteiger partial charge in [-0.05, 0) is 18.2 Å². The maximum atomic E-state index is 13.5. The standard InChI is InChI=1S/C14H11F4N5O/c15-12-2-1-9(4-19)3-10(12)5-20-13(24)22-11-6-21-23(7-11)8-14(16,17)18/h1-3,6-7H,5,8H2,(H2,20,22,24). The number of nitrogens with one attached hydrogen (secondary N) is 2. The van der Waals surface area contributed by atoms with Gasteiger partial charge in [-0.3, -0.25) is 4.68 Å². The van der Waals surface area contributed by atoms with Gasteiger partial charge in [-0.25, -0.2) is 9.18 Å². The quantitative estimate of drug-likeness (QED) is 0.839. The maximum Gasteiger partial charge on any atom is 0.408 e. The molecule has 1 aromatic heterocycles. The van der Waals surface area contributed by atoms with Gasteiger partial charge in [-0.1, -0.05) is 0 Å². The summed E-state index contributed by atoms with van der Waals surface area (Å²) >= 11 is 0. The van der Waals surface area contributed by atoms with E-state index in [1.54, 1.807) is 0 Å². The minimum atomic E-state index is -4.42. The third-order valence-electron chi connectivity index (χ3n) is 2.85. The molecule has 0 saturated heterocycles. The van der Waals surface area contributed by atoms with Crippen LogP contribution < -0.4 is 10.6 Å². The Hall–Kier alpha value is -3.09. The summed E-state index contributed by atoms with van der Waals surface area (Å²) < 4.78 is 50.8. The number of nitrogens with zero attached hydrogens (tertiary/aromatic N) is 3. The average Bonchev–Trinajstić information content (AvgIpc) is 2.91. The van der Waals surface area contributed by atoms with Gasteiger partial charge in [0.05, 0.1) is 23.5 Å². The molecule has 2 amide bonds. The van der Waals surface area contributed by atoms with E-state index in [4.69, 9.17) is 5.26 Å². The van der Waals surface area contributed by atoms with E-state index in [0.29, 0.717) is 4.68 Å². The van der Waals surface area contributed by atoms with Crippen LogP contribution >= 0.6 is 0 Å². The second kappa shape index (κ2) is 6.99. The van der Waals surface area contributed by atoms with Crippen LogP contribution in [0.2, 0.25) is 0 Å². The van der Waals surface area contributed by atoms with Crippen molar-refractivity contribution in [2.45, 2.75) is 19.3 Å². The van der Waals surface area contributed by atoms with E-state index >= 15 is 0 Å². The number of benzene rings is 1. The second-order valence-electron chi connectivity index (χ2n) is 4.77. The molecule has 0 bridgehead atoms. The van der Waals surface area contributed by atoms with Crippen molar-refractivity contribution in [3.8, 4) is 6.07 Å². The van der Waals surface area contributed by atoms with Crippen molar-refractivity contribution in [3.63, 3.8) is 0 Å². The van der Waals surface area contributed by atoms with Crippen LogP contribution in [-0.2, 0) is 13.1 Å². The Labute approximate surface area is 133 Å². The van der Waals surface area contributed by atoms with Crippen molar-refractivity contribution in [1.82, 2.24) is 15.1 Å². The topological polar surface area (TPSA) is 82.7 Å². The molecule has 24 heavy (non-hydrogen) atoms. The van der Waals surface area contributed by atoms with Gasteiger partial charge < -0.3 is 10.6 Å². The molecule has 2 N–H and O–H groups in total. The number of urea groups is 1. The Kier molecular flexibility index (Phi) is 5.03.